The van der Waals surface area contributed by atoms with Gasteiger partial charge in [-0.1, -0.05) is 30.3 Å². The first-order valence-electron chi connectivity index (χ1n) is 15.4. The van der Waals surface area contributed by atoms with E-state index in [1.807, 2.05) is 72.8 Å². The number of nitrogens with zero attached hydrogens (tertiary/aromatic N) is 2. The van der Waals surface area contributed by atoms with Crippen LogP contribution in [0.15, 0.2) is 83.3 Å². The number of anilines is 2. The maximum absolute atomic E-state index is 13.4. The van der Waals surface area contributed by atoms with Crippen LogP contribution in [0.3, 0.4) is 0 Å². The van der Waals surface area contributed by atoms with Gasteiger partial charge >= 0.3 is 0 Å². The second-order valence-corrected chi connectivity index (χ2v) is 11.6. The first-order valence-corrected chi connectivity index (χ1v) is 15.4. The van der Waals surface area contributed by atoms with E-state index in [-0.39, 0.29) is 23.6 Å². The molecule has 0 unspecified atom stereocenters. The van der Waals surface area contributed by atoms with Crippen LogP contribution in [-0.2, 0) is 19.2 Å². The Morgan fingerprint density at radius 1 is 0.778 bits per heavy atom. The van der Waals surface area contributed by atoms with Crippen molar-refractivity contribution >= 4 is 46.0 Å². The van der Waals surface area contributed by atoms with Gasteiger partial charge in [-0.25, -0.2) is 0 Å². The fraction of sp³-hybridized carbons (Fsp3) is 0.314. The summed E-state index contributed by atoms with van der Waals surface area (Å²) in [4.78, 5) is 54.7. The van der Waals surface area contributed by atoms with Crippen molar-refractivity contribution in [2.24, 2.45) is 0 Å². The Morgan fingerprint density at radius 2 is 1.40 bits per heavy atom. The third kappa shape index (κ3) is 6.32. The summed E-state index contributed by atoms with van der Waals surface area (Å²) in [6, 6.07) is 22.7. The predicted molar refractivity (Wildman–Crippen MR) is 172 cm³/mol. The van der Waals surface area contributed by atoms with Crippen LogP contribution in [0.5, 0.6) is 0 Å². The van der Waals surface area contributed by atoms with Crippen LogP contribution in [0, 0.1) is 0 Å². The number of likely N-dealkylation sites (tertiary alicyclic amines) is 2. The minimum Gasteiger partial charge on any atom is -0.456 e. The van der Waals surface area contributed by atoms with E-state index in [2.05, 4.69) is 16.0 Å². The average Bonchev–Trinajstić information content (AvgIpc) is 3.82. The number of hydrogen-bond acceptors (Lipinski definition) is 6. The third-order valence-corrected chi connectivity index (χ3v) is 8.69. The van der Waals surface area contributed by atoms with E-state index in [0.717, 1.165) is 29.4 Å². The molecule has 10 heteroatoms. The van der Waals surface area contributed by atoms with E-state index in [4.69, 9.17) is 4.42 Å². The predicted octanol–water partition coefficient (Wildman–Crippen LogP) is 4.94. The Morgan fingerprint density at radius 3 is 2.07 bits per heavy atom. The Bertz CT molecular complexity index is 1720. The van der Waals surface area contributed by atoms with E-state index < -0.39 is 18.1 Å². The highest BCUT2D eigenvalue weighted by atomic mass is 16.3. The molecule has 0 bridgehead atoms. The molecule has 3 N–H and O–H groups in total. The van der Waals surface area contributed by atoms with Crippen molar-refractivity contribution in [1.29, 1.82) is 0 Å². The quantitative estimate of drug-likeness (QED) is 0.261. The molecule has 232 valence electrons. The van der Waals surface area contributed by atoms with E-state index in [9.17, 15) is 19.2 Å². The monoisotopic (exact) mass is 607 g/mol. The lowest BCUT2D eigenvalue weighted by atomic mass is 10.1. The van der Waals surface area contributed by atoms with E-state index >= 15 is 0 Å². The van der Waals surface area contributed by atoms with Crippen molar-refractivity contribution < 1.29 is 23.6 Å². The lowest BCUT2D eigenvalue weighted by Gasteiger charge is -2.28. The van der Waals surface area contributed by atoms with E-state index in [0.29, 0.717) is 48.6 Å². The van der Waals surface area contributed by atoms with Crippen LogP contribution < -0.4 is 16.0 Å². The molecule has 4 aromatic rings. The number of carbonyl (C=O) groups is 4. The van der Waals surface area contributed by atoms with Gasteiger partial charge in [0.2, 0.25) is 23.6 Å². The summed E-state index contributed by atoms with van der Waals surface area (Å²) in [6.45, 7) is 2.63. The second kappa shape index (κ2) is 13.0. The molecule has 0 spiro atoms. The van der Waals surface area contributed by atoms with Crippen molar-refractivity contribution in [2.45, 2.75) is 50.7 Å². The molecule has 2 saturated heterocycles. The summed E-state index contributed by atoms with van der Waals surface area (Å²) < 4.78 is 6.07. The fourth-order valence-corrected chi connectivity index (χ4v) is 6.40. The van der Waals surface area contributed by atoms with Gasteiger partial charge < -0.3 is 30.2 Å². The number of fused-ring (bicyclic) bond motifs is 1. The van der Waals surface area contributed by atoms with Gasteiger partial charge in [0.1, 0.15) is 29.5 Å². The van der Waals surface area contributed by atoms with Crippen molar-refractivity contribution in [3.8, 4) is 11.3 Å². The number of likely N-dealkylation sites (N-methyl/N-ethyl adjacent to an activating group) is 1. The summed E-state index contributed by atoms with van der Waals surface area (Å²) in [5.74, 6) is 0.0491. The van der Waals surface area contributed by atoms with Crippen LogP contribution in [-0.4, -0.2) is 65.6 Å². The standard InChI is InChI=1S/C35H37N5O5/c1-22(41)39-18-6-10-28(39)33(42)38-27-16-17-30-25(20-27)21-31(45-30)23-12-14-26(15-13-23)37-34(43)29-11-7-19-40(29)35(44)32(36-2)24-8-4-3-5-9-24/h3-5,8-9,12-17,20-21,28-29,32,36H,6-7,10-11,18-19H2,1-2H3,(H,37,43)(H,38,42)/t28-,29-,32+/m0/s1. The highest BCUT2D eigenvalue weighted by molar-refractivity contribution is 6.00. The van der Waals surface area contributed by atoms with Gasteiger partial charge in [0, 0.05) is 42.3 Å². The average molecular weight is 608 g/mol. The summed E-state index contributed by atoms with van der Waals surface area (Å²) >= 11 is 0. The van der Waals surface area contributed by atoms with Crippen LogP contribution in [0.25, 0.3) is 22.3 Å². The Hall–Kier alpha value is -4.96. The third-order valence-electron chi connectivity index (χ3n) is 8.69. The summed E-state index contributed by atoms with van der Waals surface area (Å²) in [5.41, 5.74) is 3.63. The van der Waals surface area contributed by atoms with Gasteiger partial charge in [-0.05, 0) is 86.8 Å². The van der Waals surface area contributed by atoms with Gasteiger partial charge in [0.15, 0.2) is 0 Å². The molecule has 0 aliphatic carbocycles. The summed E-state index contributed by atoms with van der Waals surface area (Å²) in [5, 5.41) is 9.85. The zero-order chi connectivity index (χ0) is 31.5. The zero-order valence-electron chi connectivity index (χ0n) is 25.4. The van der Waals surface area contributed by atoms with Gasteiger partial charge in [-0.2, -0.15) is 0 Å². The number of benzene rings is 3. The maximum atomic E-state index is 13.4. The minimum atomic E-state index is -0.541. The largest absolute Gasteiger partial charge is 0.456 e. The number of furan rings is 1. The molecule has 6 rings (SSSR count). The van der Waals surface area contributed by atoms with Gasteiger partial charge in [-0.15, -0.1) is 0 Å². The summed E-state index contributed by atoms with van der Waals surface area (Å²) in [6.07, 6.45) is 2.84. The highest BCUT2D eigenvalue weighted by Crippen LogP contribution is 2.31. The smallest absolute Gasteiger partial charge is 0.247 e. The molecule has 0 radical (unpaired) electrons. The molecular formula is C35H37N5O5. The molecule has 2 fully saturated rings. The Labute approximate surface area is 261 Å². The number of nitrogens with one attached hydrogen (secondary N) is 3. The lowest BCUT2D eigenvalue weighted by Crippen LogP contribution is -2.47. The Kier molecular flexibility index (Phi) is 8.66. The molecule has 1 aromatic heterocycles. The molecule has 2 aliphatic rings. The molecule has 2 aliphatic heterocycles. The van der Waals surface area contributed by atoms with Crippen molar-refractivity contribution in [3.05, 3.63) is 84.4 Å². The Balaban J connectivity index is 1.10. The molecule has 3 heterocycles. The van der Waals surface area contributed by atoms with E-state index in [1.165, 1.54) is 6.92 Å². The minimum absolute atomic E-state index is 0.0923. The normalized spacial score (nSPS) is 18.6. The van der Waals surface area contributed by atoms with Crippen molar-refractivity contribution in [1.82, 2.24) is 15.1 Å². The number of rotatable bonds is 8. The topological polar surface area (TPSA) is 124 Å². The van der Waals surface area contributed by atoms with Crippen LogP contribution in [0.1, 0.15) is 44.2 Å². The molecule has 45 heavy (non-hydrogen) atoms. The number of amides is 4. The fourth-order valence-electron chi connectivity index (χ4n) is 6.40. The molecule has 0 saturated carbocycles. The van der Waals surface area contributed by atoms with Crippen molar-refractivity contribution in [2.75, 3.05) is 30.8 Å². The lowest BCUT2D eigenvalue weighted by molar-refractivity contribution is -0.138. The molecule has 4 amide bonds. The van der Waals surface area contributed by atoms with Crippen LogP contribution in [0.2, 0.25) is 0 Å². The molecule has 3 atom stereocenters. The molecule has 3 aromatic carbocycles. The summed E-state index contributed by atoms with van der Waals surface area (Å²) in [7, 11) is 1.75. The maximum Gasteiger partial charge on any atom is 0.247 e. The molecule has 10 nitrogen and oxygen atoms in total. The number of carbonyl (C=O) groups excluding carboxylic acids is 4. The zero-order valence-corrected chi connectivity index (χ0v) is 25.4. The first-order chi connectivity index (χ1) is 21.8. The first kappa shape index (κ1) is 30.1. The second-order valence-electron chi connectivity index (χ2n) is 11.6. The van der Waals surface area contributed by atoms with E-state index in [1.54, 1.807) is 22.9 Å². The SMILES string of the molecule is CN[C@@H](C(=O)N1CCC[C@H]1C(=O)Nc1ccc(-c2cc3cc(NC(=O)[C@@H]4CCCN4C(C)=O)ccc3o2)cc1)c1ccccc1. The van der Waals surface area contributed by atoms with Crippen LogP contribution >= 0.6 is 0 Å². The van der Waals surface area contributed by atoms with Gasteiger partial charge in [0.05, 0.1) is 0 Å². The van der Waals surface area contributed by atoms with Crippen LogP contribution in [0.4, 0.5) is 11.4 Å². The number of hydrogen-bond donors (Lipinski definition) is 3. The van der Waals surface area contributed by atoms with Gasteiger partial charge in [-0.3, -0.25) is 19.2 Å². The van der Waals surface area contributed by atoms with Gasteiger partial charge in [0.25, 0.3) is 0 Å². The molecular weight excluding hydrogens is 570 g/mol. The highest BCUT2D eigenvalue weighted by Gasteiger charge is 2.37. The van der Waals surface area contributed by atoms with Crippen molar-refractivity contribution in [3.63, 3.8) is 0 Å².